The number of hydrogen-bond donors (Lipinski definition) is 3. The lowest BCUT2D eigenvalue weighted by Crippen LogP contribution is -2.36. The van der Waals surface area contributed by atoms with Crippen LogP contribution >= 0.6 is 0 Å². The highest BCUT2D eigenvalue weighted by Crippen LogP contribution is 2.19. The van der Waals surface area contributed by atoms with Crippen molar-refractivity contribution in [2.24, 2.45) is 0 Å². The van der Waals surface area contributed by atoms with Gasteiger partial charge in [0, 0.05) is 48.8 Å². The number of amides is 2. The van der Waals surface area contributed by atoms with Crippen molar-refractivity contribution in [2.75, 3.05) is 6.54 Å². The summed E-state index contributed by atoms with van der Waals surface area (Å²) in [5.74, 6) is 0.447. The Bertz CT molecular complexity index is 1070. The fourth-order valence-corrected chi connectivity index (χ4v) is 2.98. The van der Waals surface area contributed by atoms with Crippen LogP contribution in [-0.2, 0) is 13.0 Å². The van der Waals surface area contributed by atoms with Crippen molar-refractivity contribution in [2.45, 2.75) is 13.0 Å². The summed E-state index contributed by atoms with van der Waals surface area (Å²) in [6, 6.07) is 9.97. The average Bonchev–Trinajstić information content (AvgIpc) is 3.37. The molecule has 8 heteroatoms. The number of carbonyl (C=O) groups excluding carboxylic acids is 1. The van der Waals surface area contributed by atoms with Crippen LogP contribution in [0.5, 0.6) is 0 Å². The first-order chi connectivity index (χ1) is 13.7. The molecule has 0 aliphatic heterocycles. The van der Waals surface area contributed by atoms with Crippen molar-refractivity contribution in [1.29, 1.82) is 0 Å². The molecule has 4 aromatic rings. The summed E-state index contributed by atoms with van der Waals surface area (Å²) in [6.45, 7) is 0.858. The smallest absolute Gasteiger partial charge is 0.315 e. The van der Waals surface area contributed by atoms with E-state index in [2.05, 4.69) is 25.7 Å². The van der Waals surface area contributed by atoms with Crippen LogP contribution in [0.1, 0.15) is 11.1 Å². The molecule has 2 amide bonds. The minimum atomic E-state index is -0.273. The van der Waals surface area contributed by atoms with E-state index in [4.69, 9.17) is 0 Å². The van der Waals surface area contributed by atoms with E-state index in [9.17, 15) is 9.18 Å². The fraction of sp³-hybridized carbons (Fsp3) is 0.150. The Balaban J connectivity index is 1.24. The second kappa shape index (κ2) is 7.91. The number of urea groups is 1. The number of nitrogens with zero attached hydrogens (tertiary/aromatic N) is 3. The molecule has 0 saturated carbocycles. The SMILES string of the molecule is O=C(NCCc1c[nH]c2cc(F)ccc12)NCc1ccc(-n2cccn2)nc1. The van der Waals surface area contributed by atoms with Crippen LogP contribution in [0.3, 0.4) is 0 Å². The van der Waals surface area contributed by atoms with Gasteiger partial charge in [-0.25, -0.2) is 18.9 Å². The van der Waals surface area contributed by atoms with Crippen molar-refractivity contribution < 1.29 is 9.18 Å². The third-order valence-corrected chi connectivity index (χ3v) is 4.41. The highest BCUT2D eigenvalue weighted by Gasteiger charge is 2.06. The van der Waals surface area contributed by atoms with Gasteiger partial charge in [0.15, 0.2) is 5.82 Å². The van der Waals surface area contributed by atoms with Crippen LogP contribution in [0.15, 0.2) is 61.2 Å². The van der Waals surface area contributed by atoms with E-state index in [1.807, 2.05) is 30.6 Å². The highest BCUT2D eigenvalue weighted by atomic mass is 19.1. The molecule has 4 rings (SSSR count). The number of benzene rings is 1. The average molecular weight is 378 g/mol. The molecule has 0 spiro atoms. The Kier molecular flexibility index (Phi) is 5.01. The monoisotopic (exact) mass is 378 g/mol. The Hall–Kier alpha value is -3.68. The number of H-pyrrole nitrogens is 1. The number of fused-ring (bicyclic) bond motifs is 1. The van der Waals surface area contributed by atoms with Crippen molar-refractivity contribution in [3.8, 4) is 5.82 Å². The molecule has 0 unspecified atom stereocenters. The van der Waals surface area contributed by atoms with Crippen LogP contribution in [-0.4, -0.2) is 32.3 Å². The Morgan fingerprint density at radius 3 is 2.93 bits per heavy atom. The fourth-order valence-electron chi connectivity index (χ4n) is 2.98. The van der Waals surface area contributed by atoms with Crippen LogP contribution in [0, 0.1) is 5.82 Å². The molecule has 0 saturated heterocycles. The molecule has 0 bridgehead atoms. The van der Waals surface area contributed by atoms with Crippen LogP contribution in [0.25, 0.3) is 16.7 Å². The van der Waals surface area contributed by atoms with Crippen molar-refractivity contribution in [1.82, 2.24) is 30.4 Å². The molecule has 0 radical (unpaired) electrons. The van der Waals surface area contributed by atoms with Gasteiger partial charge in [0.05, 0.1) is 0 Å². The van der Waals surface area contributed by atoms with Gasteiger partial charge in [0.25, 0.3) is 0 Å². The number of hydrogen-bond acceptors (Lipinski definition) is 3. The maximum absolute atomic E-state index is 13.2. The maximum atomic E-state index is 13.2. The minimum absolute atomic E-state index is 0.248. The van der Waals surface area contributed by atoms with Crippen molar-refractivity contribution in [3.63, 3.8) is 0 Å². The first-order valence-electron chi connectivity index (χ1n) is 8.91. The van der Waals surface area contributed by atoms with Gasteiger partial charge in [0.2, 0.25) is 0 Å². The normalized spacial score (nSPS) is 10.9. The van der Waals surface area contributed by atoms with Gasteiger partial charge in [-0.2, -0.15) is 5.10 Å². The topological polar surface area (TPSA) is 87.6 Å². The lowest BCUT2D eigenvalue weighted by atomic mass is 10.1. The molecule has 0 aliphatic carbocycles. The summed E-state index contributed by atoms with van der Waals surface area (Å²) in [6.07, 6.45) is 7.71. The quantitative estimate of drug-likeness (QED) is 0.482. The molecule has 3 N–H and O–H groups in total. The van der Waals surface area contributed by atoms with E-state index in [0.717, 1.165) is 27.8 Å². The number of aromatic nitrogens is 4. The number of rotatable bonds is 6. The zero-order valence-electron chi connectivity index (χ0n) is 15.0. The second-order valence-corrected chi connectivity index (χ2v) is 6.34. The Morgan fingerprint density at radius 1 is 1.21 bits per heavy atom. The number of aromatic amines is 1. The molecule has 1 aromatic carbocycles. The predicted molar refractivity (Wildman–Crippen MR) is 104 cm³/mol. The molecule has 3 aromatic heterocycles. The lowest BCUT2D eigenvalue weighted by Gasteiger charge is -2.08. The van der Waals surface area contributed by atoms with Gasteiger partial charge in [-0.15, -0.1) is 0 Å². The standard InChI is InChI=1S/C20H19FN6O/c21-16-3-4-17-15(13-23-18(17)10-16)6-8-22-20(28)25-12-14-2-5-19(24-11-14)27-9-1-7-26-27/h1-5,7,9-11,13,23H,6,8,12H2,(H2,22,25,28). The number of halogens is 1. The molecular weight excluding hydrogens is 359 g/mol. The maximum Gasteiger partial charge on any atom is 0.315 e. The van der Waals surface area contributed by atoms with Gasteiger partial charge in [-0.3, -0.25) is 0 Å². The van der Waals surface area contributed by atoms with Gasteiger partial charge in [0.1, 0.15) is 5.82 Å². The third kappa shape index (κ3) is 4.01. The molecule has 0 atom stereocenters. The number of carbonyl (C=O) groups is 1. The molecule has 0 aliphatic rings. The first kappa shape index (κ1) is 17.7. The molecular formula is C20H19FN6O. The second-order valence-electron chi connectivity index (χ2n) is 6.34. The minimum Gasteiger partial charge on any atom is -0.361 e. The van der Waals surface area contributed by atoms with Crippen LogP contribution < -0.4 is 10.6 Å². The van der Waals surface area contributed by atoms with E-state index in [-0.39, 0.29) is 11.8 Å². The van der Waals surface area contributed by atoms with Gasteiger partial charge in [-0.1, -0.05) is 6.07 Å². The van der Waals surface area contributed by atoms with E-state index < -0.39 is 0 Å². The van der Waals surface area contributed by atoms with Gasteiger partial charge in [-0.05, 0) is 47.9 Å². The van der Waals surface area contributed by atoms with Crippen molar-refractivity contribution in [3.05, 3.63) is 78.1 Å². The molecule has 142 valence electrons. The van der Waals surface area contributed by atoms with Gasteiger partial charge < -0.3 is 15.6 Å². The van der Waals surface area contributed by atoms with E-state index in [0.29, 0.717) is 19.5 Å². The summed E-state index contributed by atoms with van der Waals surface area (Å²) in [7, 11) is 0. The van der Waals surface area contributed by atoms with E-state index in [1.54, 1.807) is 23.1 Å². The van der Waals surface area contributed by atoms with Gasteiger partial charge >= 0.3 is 6.03 Å². The van der Waals surface area contributed by atoms with E-state index >= 15 is 0 Å². The van der Waals surface area contributed by atoms with Crippen LogP contribution in [0.4, 0.5) is 9.18 Å². The van der Waals surface area contributed by atoms with E-state index in [1.165, 1.54) is 12.1 Å². The zero-order chi connectivity index (χ0) is 19.3. The number of pyridine rings is 1. The van der Waals surface area contributed by atoms with Crippen LogP contribution in [0.2, 0.25) is 0 Å². The molecule has 7 nitrogen and oxygen atoms in total. The highest BCUT2D eigenvalue weighted by molar-refractivity contribution is 5.83. The Labute approximate surface area is 160 Å². The number of nitrogens with one attached hydrogen (secondary N) is 3. The summed E-state index contributed by atoms with van der Waals surface area (Å²) in [5, 5.41) is 10.7. The summed E-state index contributed by atoms with van der Waals surface area (Å²) >= 11 is 0. The molecule has 0 fully saturated rings. The summed E-state index contributed by atoms with van der Waals surface area (Å²) in [5.41, 5.74) is 2.68. The molecule has 28 heavy (non-hydrogen) atoms. The predicted octanol–water partition coefficient (Wildman–Crippen LogP) is 2.93. The van der Waals surface area contributed by atoms with Crippen molar-refractivity contribution >= 4 is 16.9 Å². The lowest BCUT2D eigenvalue weighted by molar-refractivity contribution is 0.240. The molecule has 3 heterocycles. The first-order valence-corrected chi connectivity index (χ1v) is 8.91. The third-order valence-electron chi connectivity index (χ3n) is 4.41. The summed E-state index contributed by atoms with van der Waals surface area (Å²) < 4.78 is 14.9. The zero-order valence-corrected chi connectivity index (χ0v) is 15.0. The summed E-state index contributed by atoms with van der Waals surface area (Å²) in [4.78, 5) is 19.4. The Morgan fingerprint density at radius 2 is 2.14 bits per heavy atom. The largest absolute Gasteiger partial charge is 0.361 e.